The van der Waals surface area contributed by atoms with Crippen LogP contribution in [0, 0.1) is 0 Å². The number of allylic oxidation sites excluding steroid dienone is 5. The van der Waals surface area contributed by atoms with E-state index in [9.17, 15) is 19.4 Å². The molecule has 9 heteroatoms. The predicted octanol–water partition coefficient (Wildman–Crippen LogP) is 14.6. The molecule has 0 aliphatic heterocycles. The molecule has 0 heterocycles. The largest absolute Gasteiger partial charge is 0.472 e. The molecule has 0 saturated heterocycles. The second kappa shape index (κ2) is 43.0. The molecule has 0 saturated carbocycles. The normalized spacial score (nSPS) is 14.4. The lowest BCUT2D eigenvalue weighted by molar-refractivity contribution is -0.870. The number of phosphoric acid groups is 1. The minimum absolute atomic E-state index is 0.0556. The van der Waals surface area contributed by atoms with Crippen molar-refractivity contribution in [1.29, 1.82) is 0 Å². The van der Waals surface area contributed by atoms with Gasteiger partial charge in [0.05, 0.1) is 39.9 Å². The van der Waals surface area contributed by atoms with Gasteiger partial charge in [-0.1, -0.05) is 204 Å². The molecule has 0 spiro atoms. The summed E-state index contributed by atoms with van der Waals surface area (Å²) in [5.41, 5.74) is 0. The van der Waals surface area contributed by atoms with Gasteiger partial charge in [-0.05, 0) is 57.8 Å². The Balaban J connectivity index is 4.37. The number of amides is 1. The summed E-state index contributed by atoms with van der Waals surface area (Å²) in [4.78, 5) is 23.2. The molecule has 3 unspecified atom stereocenters. The number of rotatable bonds is 46. The standard InChI is InChI=1S/C51H99N2O6P/c1-6-8-10-12-14-16-18-20-22-24-26-27-29-31-33-35-37-39-41-43-45-51(55)52-49(48-59-60(56,57)58-47-46-53(3,4)5)50(54)44-42-40-38-36-34-32-30-28-25-23-21-19-17-15-13-11-9-7-2/h26-27,34,36,42,44,49-50,54H,6-25,28-33,35,37-41,43,45-48H2,1-5H3,(H-,52,55,56,57)/p+1/b27-26-,36-34+,44-42+. The molecule has 3 atom stereocenters. The van der Waals surface area contributed by atoms with E-state index in [4.69, 9.17) is 9.05 Å². The van der Waals surface area contributed by atoms with E-state index < -0.39 is 20.0 Å². The molecule has 0 aromatic rings. The van der Waals surface area contributed by atoms with Gasteiger partial charge in [0.1, 0.15) is 13.2 Å². The van der Waals surface area contributed by atoms with Crippen LogP contribution in [0.3, 0.4) is 0 Å². The van der Waals surface area contributed by atoms with E-state index >= 15 is 0 Å². The Labute approximate surface area is 372 Å². The summed E-state index contributed by atoms with van der Waals surface area (Å²) < 4.78 is 23.6. The fourth-order valence-corrected chi connectivity index (χ4v) is 8.02. The lowest BCUT2D eigenvalue weighted by atomic mass is 10.0. The van der Waals surface area contributed by atoms with Crippen LogP contribution in [0.2, 0.25) is 0 Å². The molecule has 0 aliphatic rings. The zero-order chi connectivity index (χ0) is 44.3. The molecular formula is C51H100N2O6P+. The molecule has 0 aliphatic carbocycles. The molecule has 3 N–H and O–H groups in total. The van der Waals surface area contributed by atoms with Crippen molar-refractivity contribution < 1.29 is 32.9 Å². The topological polar surface area (TPSA) is 105 Å². The summed E-state index contributed by atoms with van der Waals surface area (Å²) in [5.74, 6) is -0.190. The fourth-order valence-electron chi connectivity index (χ4n) is 7.29. The van der Waals surface area contributed by atoms with Gasteiger partial charge in [0.15, 0.2) is 0 Å². The van der Waals surface area contributed by atoms with Gasteiger partial charge >= 0.3 is 7.82 Å². The third-order valence-electron chi connectivity index (χ3n) is 11.3. The van der Waals surface area contributed by atoms with Gasteiger partial charge in [-0.2, -0.15) is 0 Å². The first-order chi connectivity index (χ1) is 29.0. The summed E-state index contributed by atoms with van der Waals surface area (Å²) in [5, 5.41) is 13.9. The van der Waals surface area contributed by atoms with Gasteiger partial charge in [-0.15, -0.1) is 0 Å². The fraction of sp³-hybridized carbons (Fsp3) is 0.863. The maximum absolute atomic E-state index is 12.9. The van der Waals surface area contributed by atoms with Crippen molar-refractivity contribution in [2.24, 2.45) is 0 Å². The zero-order valence-corrected chi connectivity index (χ0v) is 41.1. The monoisotopic (exact) mass is 868 g/mol. The van der Waals surface area contributed by atoms with E-state index in [-0.39, 0.29) is 19.1 Å². The highest BCUT2D eigenvalue weighted by molar-refractivity contribution is 7.47. The molecule has 0 aromatic heterocycles. The molecule has 1 amide bonds. The maximum Gasteiger partial charge on any atom is 0.472 e. The average molecular weight is 868 g/mol. The number of aliphatic hydroxyl groups is 1. The molecule has 354 valence electrons. The van der Waals surface area contributed by atoms with E-state index in [2.05, 4.69) is 43.5 Å². The van der Waals surface area contributed by atoms with Crippen molar-refractivity contribution in [2.75, 3.05) is 40.9 Å². The van der Waals surface area contributed by atoms with Crippen LogP contribution in [0.4, 0.5) is 0 Å². The van der Waals surface area contributed by atoms with Crippen molar-refractivity contribution >= 4 is 13.7 Å². The second-order valence-corrected chi connectivity index (χ2v) is 20.0. The Bertz CT molecular complexity index is 1070. The third-order valence-corrected chi connectivity index (χ3v) is 12.3. The summed E-state index contributed by atoms with van der Waals surface area (Å²) in [6.45, 7) is 4.81. The van der Waals surface area contributed by atoms with Crippen molar-refractivity contribution in [3.05, 3.63) is 36.5 Å². The van der Waals surface area contributed by atoms with Crippen LogP contribution in [-0.4, -0.2) is 73.4 Å². The molecule has 0 bridgehead atoms. The Morgan fingerprint density at radius 1 is 0.550 bits per heavy atom. The van der Waals surface area contributed by atoms with E-state index in [1.165, 1.54) is 173 Å². The van der Waals surface area contributed by atoms with E-state index in [1.54, 1.807) is 6.08 Å². The van der Waals surface area contributed by atoms with Gasteiger partial charge in [-0.25, -0.2) is 4.57 Å². The number of carbonyl (C=O) groups is 1. The number of carbonyl (C=O) groups excluding carboxylic acids is 1. The number of quaternary nitrogens is 1. The minimum Gasteiger partial charge on any atom is -0.387 e. The number of aliphatic hydroxyl groups excluding tert-OH is 1. The van der Waals surface area contributed by atoms with E-state index in [0.717, 1.165) is 38.5 Å². The van der Waals surface area contributed by atoms with Gasteiger partial charge in [0.25, 0.3) is 0 Å². The smallest absolute Gasteiger partial charge is 0.387 e. The van der Waals surface area contributed by atoms with Crippen LogP contribution < -0.4 is 5.32 Å². The Morgan fingerprint density at radius 2 is 0.917 bits per heavy atom. The Hall–Kier alpha value is -1.28. The number of hydrogen-bond donors (Lipinski definition) is 3. The highest BCUT2D eigenvalue weighted by atomic mass is 31.2. The van der Waals surface area contributed by atoms with Crippen LogP contribution in [0.5, 0.6) is 0 Å². The van der Waals surface area contributed by atoms with Crippen LogP contribution in [0.15, 0.2) is 36.5 Å². The van der Waals surface area contributed by atoms with Crippen molar-refractivity contribution in [3.8, 4) is 0 Å². The number of phosphoric ester groups is 1. The third kappa shape index (κ3) is 44.8. The van der Waals surface area contributed by atoms with Gasteiger partial charge in [0.2, 0.25) is 5.91 Å². The first kappa shape index (κ1) is 58.7. The summed E-state index contributed by atoms with van der Waals surface area (Å²) in [6, 6.07) is -0.864. The van der Waals surface area contributed by atoms with Crippen LogP contribution >= 0.6 is 7.82 Å². The van der Waals surface area contributed by atoms with Gasteiger partial charge < -0.3 is 19.8 Å². The molecule has 60 heavy (non-hydrogen) atoms. The quantitative estimate of drug-likeness (QED) is 0.0244. The van der Waals surface area contributed by atoms with Crippen molar-refractivity contribution in [2.45, 2.75) is 244 Å². The first-order valence-electron chi connectivity index (χ1n) is 25.4. The van der Waals surface area contributed by atoms with E-state index in [0.29, 0.717) is 17.4 Å². The highest BCUT2D eigenvalue weighted by Crippen LogP contribution is 2.43. The summed E-state index contributed by atoms with van der Waals surface area (Å²) in [7, 11) is 1.55. The van der Waals surface area contributed by atoms with Crippen LogP contribution in [0.1, 0.15) is 232 Å². The van der Waals surface area contributed by atoms with Crippen LogP contribution in [-0.2, 0) is 18.4 Å². The number of nitrogens with one attached hydrogen (secondary N) is 1. The molecular weight excluding hydrogens is 768 g/mol. The second-order valence-electron chi connectivity index (χ2n) is 18.5. The molecule has 0 aromatic carbocycles. The molecule has 0 radical (unpaired) electrons. The summed E-state index contributed by atoms with van der Waals surface area (Å²) in [6.07, 6.45) is 53.7. The Kier molecular flexibility index (Phi) is 42.1. The van der Waals surface area contributed by atoms with Gasteiger partial charge in [-0.3, -0.25) is 13.8 Å². The Morgan fingerprint density at radius 3 is 1.33 bits per heavy atom. The number of likely N-dealkylation sites (N-methyl/N-ethyl adjacent to an activating group) is 1. The lowest BCUT2D eigenvalue weighted by Crippen LogP contribution is -2.45. The number of hydrogen-bond acceptors (Lipinski definition) is 5. The molecule has 0 rings (SSSR count). The summed E-state index contributed by atoms with van der Waals surface area (Å²) >= 11 is 0. The number of unbranched alkanes of at least 4 members (excludes halogenated alkanes) is 29. The molecule has 0 fully saturated rings. The predicted molar refractivity (Wildman–Crippen MR) is 258 cm³/mol. The SMILES string of the molecule is CCCCCCCCCCC/C=C\CCCCCCCCCC(=O)NC(COP(=O)(O)OCC[N+](C)(C)C)C(O)/C=C/CC/C=C/CCCCCCCCCCCCCC. The zero-order valence-electron chi connectivity index (χ0n) is 40.2. The average Bonchev–Trinajstić information content (AvgIpc) is 3.20. The van der Waals surface area contributed by atoms with Crippen molar-refractivity contribution in [1.82, 2.24) is 5.32 Å². The van der Waals surface area contributed by atoms with Gasteiger partial charge in [0, 0.05) is 6.42 Å². The minimum atomic E-state index is -4.35. The highest BCUT2D eigenvalue weighted by Gasteiger charge is 2.27. The van der Waals surface area contributed by atoms with Crippen molar-refractivity contribution in [3.63, 3.8) is 0 Å². The van der Waals surface area contributed by atoms with Crippen LogP contribution in [0.25, 0.3) is 0 Å². The molecule has 8 nitrogen and oxygen atoms in total. The van der Waals surface area contributed by atoms with E-state index in [1.807, 2.05) is 27.2 Å². The lowest BCUT2D eigenvalue weighted by Gasteiger charge is -2.25. The first-order valence-corrected chi connectivity index (χ1v) is 26.9. The number of nitrogens with zero attached hydrogens (tertiary/aromatic N) is 1. The maximum atomic E-state index is 12.9.